The summed E-state index contributed by atoms with van der Waals surface area (Å²) in [5.41, 5.74) is 4.20. The molecule has 3 aromatic carbocycles. The first-order chi connectivity index (χ1) is 15.4. The van der Waals surface area contributed by atoms with E-state index in [4.69, 9.17) is 4.74 Å². The number of nitrogens with zero attached hydrogens (tertiary/aromatic N) is 2. The molecular weight excluding hydrogens is 422 g/mol. The average Bonchev–Trinajstić information content (AvgIpc) is 2.99. The van der Waals surface area contributed by atoms with Crippen molar-refractivity contribution in [3.05, 3.63) is 82.3 Å². The van der Waals surface area contributed by atoms with Gasteiger partial charge in [0.05, 0.1) is 30.3 Å². The van der Waals surface area contributed by atoms with E-state index in [1.165, 1.54) is 5.56 Å². The lowest BCUT2D eigenvalue weighted by molar-refractivity contribution is -0.115. The third-order valence-electron chi connectivity index (χ3n) is 5.40. The number of aryl methyl sites for hydroxylation is 3. The van der Waals surface area contributed by atoms with Crippen LogP contribution < -0.4 is 15.7 Å². The zero-order valence-electron chi connectivity index (χ0n) is 18.5. The number of carbonyl (C=O) groups is 1. The first-order valence-electron chi connectivity index (χ1n) is 10.2. The Hall–Kier alpha value is -3.45. The number of aromatic nitrogens is 2. The fourth-order valence-electron chi connectivity index (χ4n) is 3.60. The molecule has 7 heteroatoms. The summed E-state index contributed by atoms with van der Waals surface area (Å²) in [4.78, 5) is 27.3. The van der Waals surface area contributed by atoms with Gasteiger partial charge in [-0.15, -0.1) is 0 Å². The van der Waals surface area contributed by atoms with E-state index in [2.05, 4.69) is 29.6 Å². The minimum absolute atomic E-state index is 0.105. The molecule has 0 saturated carbocycles. The van der Waals surface area contributed by atoms with Gasteiger partial charge in [-0.2, -0.15) is 0 Å². The molecule has 0 spiro atoms. The first-order valence-corrected chi connectivity index (χ1v) is 11.0. The normalized spacial score (nSPS) is 11.0. The van der Waals surface area contributed by atoms with Crippen molar-refractivity contribution in [1.82, 2.24) is 9.13 Å². The number of ether oxygens (including phenoxy) is 1. The van der Waals surface area contributed by atoms with Gasteiger partial charge in [0.2, 0.25) is 5.91 Å². The van der Waals surface area contributed by atoms with Gasteiger partial charge in [0, 0.05) is 23.9 Å². The molecule has 0 fully saturated rings. The molecule has 32 heavy (non-hydrogen) atoms. The fraction of sp³-hybridized carbons (Fsp3) is 0.200. The Balaban J connectivity index is 1.70. The topological polar surface area (TPSA) is 65.3 Å². The summed E-state index contributed by atoms with van der Waals surface area (Å²) in [5.74, 6) is 0.580. The van der Waals surface area contributed by atoms with E-state index in [1.807, 2.05) is 43.3 Å². The summed E-state index contributed by atoms with van der Waals surface area (Å²) in [6.07, 6.45) is 0.220. The second-order valence-corrected chi connectivity index (χ2v) is 8.84. The predicted molar refractivity (Wildman–Crippen MR) is 129 cm³/mol. The van der Waals surface area contributed by atoms with E-state index in [9.17, 15) is 9.59 Å². The van der Waals surface area contributed by atoms with Crippen molar-refractivity contribution < 1.29 is 9.53 Å². The van der Waals surface area contributed by atoms with Crippen LogP contribution in [0.3, 0.4) is 0 Å². The lowest BCUT2D eigenvalue weighted by atomic mass is 10.1. The van der Waals surface area contributed by atoms with Gasteiger partial charge < -0.3 is 10.1 Å². The Morgan fingerprint density at radius 2 is 1.69 bits per heavy atom. The van der Waals surface area contributed by atoms with Crippen LogP contribution in [-0.4, -0.2) is 22.2 Å². The van der Waals surface area contributed by atoms with Crippen LogP contribution in [0.2, 0.25) is 0 Å². The highest BCUT2D eigenvalue weighted by Gasteiger charge is 2.16. The lowest BCUT2D eigenvalue weighted by Crippen LogP contribution is -2.19. The number of benzene rings is 3. The van der Waals surface area contributed by atoms with Crippen LogP contribution in [0.4, 0.5) is 5.69 Å². The van der Waals surface area contributed by atoms with E-state index < -0.39 is 0 Å². The van der Waals surface area contributed by atoms with Crippen LogP contribution in [-0.2, 0) is 25.3 Å². The van der Waals surface area contributed by atoms with E-state index in [-0.39, 0.29) is 18.0 Å². The highest BCUT2D eigenvalue weighted by atomic mass is 32.2. The molecule has 0 bridgehead atoms. The number of amides is 1. The van der Waals surface area contributed by atoms with E-state index >= 15 is 0 Å². The van der Waals surface area contributed by atoms with Gasteiger partial charge in [-0.05, 0) is 48.9 Å². The second kappa shape index (κ2) is 8.96. The van der Waals surface area contributed by atoms with Crippen molar-refractivity contribution >= 4 is 34.4 Å². The van der Waals surface area contributed by atoms with E-state index in [1.54, 1.807) is 42.1 Å². The number of nitrogens with one attached hydrogen (secondary N) is 1. The number of hydrogen-bond acceptors (Lipinski definition) is 4. The number of methoxy groups -OCH3 is 1. The fourth-order valence-corrected chi connectivity index (χ4v) is 4.52. The number of anilines is 1. The summed E-state index contributed by atoms with van der Waals surface area (Å²) >= 11 is 1.56. The van der Waals surface area contributed by atoms with Gasteiger partial charge in [0.15, 0.2) is 0 Å². The zero-order chi connectivity index (χ0) is 22.8. The van der Waals surface area contributed by atoms with E-state index in [0.717, 1.165) is 26.4 Å². The molecule has 0 aliphatic carbocycles. The quantitative estimate of drug-likeness (QED) is 0.472. The summed E-state index contributed by atoms with van der Waals surface area (Å²) in [5, 5.41) is 3.05. The second-order valence-electron chi connectivity index (χ2n) is 7.73. The standard InChI is InChI=1S/C25H25N3O3S/c1-16-8-10-19(11-9-16)32-23-15-22-21(27(2)25(30)28(22)3)14-20(23)26-24(29)13-17-6-5-7-18(12-17)31-4/h5-12,14-15H,13H2,1-4H3,(H,26,29). The van der Waals surface area contributed by atoms with Crippen LogP contribution in [0.1, 0.15) is 11.1 Å². The van der Waals surface area contributed by atoms with Crippen LogP contribution in [0.25, 0.3) is 11.0 Å². The van der Waals surface area contributed by atoms with Gasteiger partial charge >= 0.3 is 5.69 Å². The SMILES string of the molecule is COc1cccc(CC(=O)Nc2cc3c(cc2Sc2ccc(C)cc2)n(C)c(=O)n3C)c1. The molecule has 0 atom stereocenters. The number of fused-ring (bicyclic) bond motifs is 1. The Morgan fingerprint density at radius 3 is 2.38 bits per heavy atom. The minimum Gasteiger partial charge on any atom is -0.497 e. The molecule has 0 aliphatic rings. The van der Waals surface area contributed by atoms with Crippen LogP contribution in [0, 0.1) is 6.92 Å². The molecule has 0 unspecified atom stereocenters. The molecule has 164 valence electrons. The maximum absolute atomic E-state index is 12.9. The summed E-state index contributed by atoms with van der Waals surface area (Å²) in [6.45, 7) is 2.05. The van der Waals surface area contributed by atoms with Crippen LogP contribution in [0.5, 0.6) is 5.75 Å². The Kier molecular flexibility index (Phi) is 6.10. The third kappa shape index (κ3) is 4.43. The highest BCUT2D eigenvalue weighted by molar-refractivity contribution is 7.99. The van der Waals surface area contributed by atoms with Crippen molar-refractivity contribution in [2.45, 2.75) is 23.1 Å². The van der Waals surface area contributed by atoms with Gasteiger partial charge in [0.1, 0.15) is 5.75 Å². The number of carbonyl (C=O) groups excluding carboxylic acids is 1. The summed E-state index contributed by atoms with van der Waals surface area (Å²) in [6, 6.07) is 19.5. The van der Waals surface area contributed by atoms with Crippen molar-refractivity contribution in [2.75, 3.05) is 12.4 Å². The molecule has 1 aromatic heterocycles. The summed E-state index contributed by atoms with van der Waals surface area (Å²) < 4.78 is 8.47. The Morgan fingerprint density at radius 1 is 1.00 bits per heavy atom. The molecule has 1 N–H and O–H groups in total. The molecule has 6 nitrogen and oxygen atoms in total. The largest absolute Gasteiger partial charge is 0.497 e. The number of imidazole rings is 1. The molecule has 0 saturated heterocycles. The lowest BCUT2D eigenvalue weighted by Gasteiger charge is -2.13. The Labute approximate surface area is 190 Å². The van der Waals surface area contributed by atoms with Crippen molar-refractivity contribution in [2.24, 2.45) is 14.1 Å². The highest BCUT2D eigenvalue weighted by Crippen LogP contribution is 2.36. The molecule has 1 amide bonds. The molecular formula is C25H25N3O3S. The molecule has 0 radical (unpaired) electrons. The van der Waals surface area contributed by atoms with Gasteiger partial charge in [-0.1, -0.05) is 41.6 Å². The summed E-state index contributed by atoms with van der Waals surface area (Å²) in [7, 11) is 5.10. The van der Waals surface area contributed by atoms with Crippen molar-refractivity contribution in [1.29, 1.82) is 0 Å². The monoisotopic (exact) mass is 447 g/mol. The minimum atomic E-state index is -0.135. The first kappa shape index (κ1) is 21.8. The number of hydrogen-bond donors (Lipinski definition) is 1. The van der Waals surface area contributed by atoms with Gasteiger partial charge in [-0.3, -0.25) is 13.9 Å². The number of rotatable bonds is 6. The molecule has 1 heterocycles. The van der Waals surface area contributed by atoms with Crippen LogP contribution in [0.15, 0.2) is 75.2 Å². The predicted octanol–water partition coefficient (Wildman–Crippen LogP) is 4.53. The van der Waals surface area contributed by atoms with Gasteiger partial charge in [-0.25, -0.2) is 4.79 Å². The maximum Gasteiger partial charge on any atom is 0.328 e. The van der Waals surface area contributed by atoms with Gasteiger partial charge in [0.25, 0.3) is 0 Å². The molecule has 4 rings (SSSR count). The smallest absolute Gasteiger partial charge is 0.328 e. The van der Waals surface area contributed by atoms with E-state index in [0.29, 0.717) is 11.4 Å². The average molecular weight is 448 g/mol. The maximum atomic E-state index is 12.9. The van der Waals surface area contributed by atoms with Crippen molar-refractivity contribution in [3.8, 4) is 5.75 Å². The van der Waals surface area contributed by atoms with Crippen LogP contribution >= 0.6 is 11.8 Å². The third-order valence-corrected chi connectivity index (χ3v) is 6.46. The molecule has 0 aliphatic heterocycles. The Bertz CT molecular complexity index is 1350. The molecule has 4 aromatic rings. The zero-order valence-corrected chi connectivity index (χ0v) is 19.3. The van der Waals surface area contributed by atoms with Crippen molar-refractivity contribution in [3.63, 3.8) is 0 Å².